The molecule has 2 aromatic carbocycles. The Morgan fingerprint density at radius 2 is 1.58 bits per heavy atom. The lowest BCUT2D eigenvalue weighted by molar-refractivity contribution is -0.145. The average molecular weight is 451 g/mol. The number of carbonyl (C=O) groups is 3. The number of hydrogen-bond acceptors (Lipinski definition) is 6. The molecule has 2 atom stereocenters. The van der Waals surface area contributed by atoms with E-state index in [4.69, 9.17) is 9.57 Å². The summed E-state index contributed by atoms with van der Waals surface area (Å²) < 4.78 is 5.52. The van der Waals surface area contributed by atoms with E-state index in [0.29, 0.717) is 11.3 Å². The van der Waals surface area contributed by atoms with Gasteiger partial charge in [-0.05, 0) is 46.8 Å². The van der Waals surface area contributed by atoms with Crippen LogP contribution in [0.5, 0.6) is 0 Å². The maximum atomic E-state index is 13.7. The van der Waals surface area contributed by atoms with Crippen LogP contribution >= 0.6 is 0 Å². The Morgan fingerprint density at radius 3 is 2.15 bits per heavy atom. The molecule has 2 saturated heterocycles. The van der Waals surface area contributed by atoms with Crippen LogP contribution in [0.1, 0.15) is 57.8 Å². The van der Waals surface area contributed by atoms with Crippen molar-refractivity contribution in [3.63, 3.8) is 0 Å². The zero-order valence-corrected chi connectivity index (χ0v) is 19.7. The summed E-state index contributed by atoms with van der Waals surface area (Å²) in [4.78, 5) is 47.7. The standard InChI is InChI=1S/C26H30N2O5/c1-24(2,3)32-23(31)27-22(30)26(17-25(27,4)5)16-20(21(29)18-12-8-6-9-13-18)28(33-26)19-14-10-7-11-15-19/h6-15,20H,16-17H2,1-5H3/t20-,26+/m1/s1. The van der Waals surface area contributed by atoms with Crippen molar-refractivity contribution < 1.29 is 24.0 Å². The summed E-state index contributed by atoms with van der Waals surface area (Å²) in [6, 6.07) is 17.5. The number of benzene rings is 2. The lowest BCUT2D eigenvalue weighted by Gasteiger charge is -2.31. The minimum absolute atomic E-state index is 0.136. The van der Waals surface area contributed by atoms with Crippen molar-refractivity contribution in [2.75, 3.05) is 5.06 Å². The minimum atomic E-state index is -1.34. The monoisotopic (exact) mass is 450 g/mol. The predicted molar refractivity (Wildman–Crippen MR) is 124 cm³/mol. The molecular weight excluding hydrogens is 420 g/mol. The predicted octanol–water partition coefficient (Wildman–Crippen LogP) is 4.76. The van der Waals surface area contributed by atoms with Gasteiger partial charge in [0.2, 0.25) is 0 Å². The first-order valence-corrected chi connectivity index (χ1v) is 11.1. The number of rotatable bonds is 3. The van der Waals surface area contributed by atoms with Gasteiger partial charge in [0.25, 0.3) is 5.91 Å². The van der Waals surface area contributed by atoms with Crippen molar-refractivity contribution in [2.24, 2.45) is 0 Å². The number of ether oxygens (including phenoxy) is 1. The largest absolute Gasteiger partial charge is 0.443 e. The second-order valence-electron chi connectivity index (χ2n) is 10.3. The van der Waals surface area contributed by atoms with Crippen LogP contribution in [0.4, 0.5) is 10.5 Å². The minimum Gasteiger partial charge on any atom is -0.443 e. The molecule has 2 aliphatic heterocycles. The van der Waals surface area contributed by atoms with E-state index in [0.717, 1.165) is 4.90 Å². The number of hydrogen-bond donors (Lipinski definition) is 0. The Labute approximate surface area is 194 Å². The highest BCUT2D eigenvalue weighted by molar-refractivity contribution is 6.05. The Kier molecular flexibility index (Phi) is 5.56. The Balaban J connectivity index is 1.71. The van der Waals surface area contributed by atoms with E-state index in [-0.39, 0.29) is 18.6 Å². The number of amides is 2. The van der Waals surface area contributed by atoms with E-state index in [2.05, 4.69) is 0 Å². The summed E-state index contributed by atoms with van der Waals surface area (Å²) >= 11 is 0. The van der Waals surface area contributed by atoms with E-state index in [1.807, 2.05) is 50.2 Å². The molecule has 33 heavy (non-hydrogen) atoms. The third kappa shape index (κ3) is 4.25. The molecule has 2 heterocycles. The lowest BCUT2D eigenvalue weighted by atomic mass is 9.86. The van der Waals surface area contributed by atoms with Crippen LogP contribution in [0.2, 0.25) is 0 Å². The molecule has 1 spiro atoms. The van der Waals surface area contributed by atoms with Gasteiger partial charge in [-0.2, -0.15) is 0 Å². The van der Waals surface area contributed by atoms with Gasteiger partial charge in [-0.15, -0.1) is 0 Å². The van der Waals surface area contributed by atoms with Crippen LogP contribution in [0.25, 0.3) is 0 Å². The molecule has 4 rings (SSSR count). The summed E-state index contributed by atoms with van der Waals surface area (Å²) in [5.41, 5.74) is -1.72. The van der Waals surface area contributed by atoms with Gasteiger partial charge in [0, 0.05) is 18.4 Å². The highest BCUT2D eigenvalue weighted by atomic mass is 16.7. The van der Waals surface area contributed by atoms with Crippen molar-refractivity contribution in [1.82, 2.24) is 4.90 Å². The van der Waals surface area contributed by atoms with Gasteiger partial charge < -0.3 is 4.74 Å². The summed E-state index contributed by atoms with van der Waals surface area (Å²) in [6.07, 6.45) is -0.320. The molecule has 2 aliphatic rings. The number of para-hydroxylation sites is 1. The zero-order chi connectivity index (χ0) is 24.0. The van der Waals surface area contributed by atoms with Gasteiger partial charge in [-0.25, -0.2) is 14.8 Å². The number of carbonyl (C=O) groups excluding carboxylic acids is 3. The molecular formula is C26H30N2O5. The molecule has 2 aromatic rings. The molecule has 174 valence electrons. The number of likely N-dealkylation sites (tertiary alicyclic amines) is 1. The average Bonchev–Trinajstić information content (AvgIpc) is 3.21. The summed E-state index contributed by atoms with van der Waals surface area (Å²) in [7, 11) is 0. The molecule has 7 nitrogen and oxygen atoms in total. The molecule has 0 aromatic heterocycles. The lowest BCUT2D eigenvalue weighted by Crippen LogP contribution is -2.49. The first-order valence-electron chi connectivity index (χ1n) is 11.1. The summed E-state index contributed by atoms with van der Waals surface area (Å²) in [5.74, 6) is -0.622. The van der Waals surface area contributed by atoms with Crippen molar-refractivity contribution in [1.29, 1.82) is 0 Å². The van der Waals surface area contributed by atoms with Gasteiger partial charge in [0.05, 0.1) is 11.2 Å². The second kappa shape index (κ2) is 7.99. The summed E-state index contributed by atoms with van der Waals surface area (Å²) in [6.45, 7) is 8.89. The van der Waals surface area contributed by atoms with E-state index >= 15 is 0 Å². The molecule has 0 radical (unpaired) electrons. The molecule has 0 saturated carbocycles. The van der Waals surface area contributed by atoms with E-state index in [9.17, 15) is 14.4 Å². The maximum absolute atomic E-state index is 13.7. The van der Waals surface area contributed by atoms with Crippen LogP contribution in [-0.2, 0) is 14.4 Å². The third-order valence-electron chi connectivity index (χ3n) is 5.94. The van der Waals surface area contributed by atoms with Crippen LogP contribution < -0.4 is 5.06 Å². The highest BCUT2D eigenvalue weighted by Crippen LogP contribution is 2.48. The number of hydroxylamine groups is 1. The smallest absolute Gasteiger partial charge is 0.417 e. The van der Waals surface area contributed by atoms with Gasteiger partial charge in [-0.1, -0.05) is 48.5 Å². The van der Waals surface area contributed by atoms with E-state index < -0.39 is 34.8 Å². The van der Waals surface area contributed by atoms with Crippen LogP contribution in [0.15, 0.2) is 60.7 Å². The second-order valence-corrected chi connectivity index (χ2v) is 10.3. The Morgan fingerprint density at radius 1 is 1.00 bits per heavy atom. The third-order valence-corrected chi connectivity index (χ3v) is 5.94. The normalized spacial score (nSPS) is 24.4. The molecule has 7 heteroatoms. The molecule has 2 fully saturated rings. The van der Waals surface area contributed by atoms with Gasteiger partial charge in [0.1, 0.15) is 11.6 Å². The van der Waals surface area contributed by atoms with Crippen molar-refractivity contribution in [3.05, 3.63) is 66.2 Å². The maximum Gasteiger partial charge on any atom is 0.417 e. The topological polar surface area (TPSA) is 76.2 Å². The number of ketones is 1. The molecule has 2 amide bonds. The van der Waals surface area contributed by atoms with E-state index in [1.165, 1.54) is 5.06 Å². The van der Waals surface area contributed by atoms with Crippen molar-refractivity contribution in [3.8, 4) is 0 Å². The molecule has 0 unspecified atom stereocenters. The van der Waals surface area contributed by atoms with Crippen LogP contribution in [0, 0.1) is 0 Å². The fourth-order valence-electron chi connectivity index (χ4n) is 4.69. The van der Waals surface area contributed by atoms with Crippen LogP contribution in [0.3, 0.4) is 0 Å². The van der Waals surface area contributed by atoms with Crippen molar-refractivity contribution >= 4 is 23.5 Å². The van der Waals surface area contributed by atoms with E-state index in [1.54, 1.807) is 45.0 Å². The van der Waals surface area contributed by atoms with Gasteiger partial charge in [-0.3, -0.25) is 14.4 Å². The SMILES string of the molecule is CC(C)(C)OC(=O)N1C(=O)[C@]2(C[C@H](C(=O)c3ccccc3)N(c3ccccc3)O2)CC1(C)C. The fraction of sp³-hybridized carbons (Fsp3) is 0.423. The van der Waals surface area contributed by atoms with Crippen LogP contribution in [-0.4, -0.2) is 45.5 Å². The van der Waals surface area contributed by atoms with Gasteiger partial charge in [0.15, 0.2) is 11.4 Å². The number of Topliss-reactive ketones (excluding diaryl/α,β-unsaturated/α-hetero) is 1. The molecule has 0 N–H and O–H groups in total. The Bertz CT molecular complexity index is 1060. The number of imide groups is 1. The first-order chi connectivity index (χ1) is 15.4. The number of nitrogens with zero attached hydrogens (tertiary/aromatic N) is 2. The highest BCUT2D eigenvalue weighted by Gasteiger charge is 2.65. The molecule has 0 aliphatic carbocycles. The van der Waals surface area contributed by atoms with Gasteiger partial charge >= 0.3 is 6.09 Å². The number of anilines is 1. The fourth-order valence-corrected chi connectivity index (χ4v) is 4.69. The quantitative estimate of drug-likeness (QED) is 0.628. The first kappa shape index (κ1) is 23.0. The zero-order valence-electron chi connectivity index (χ0n) is 19.7. The molecule has 0 bridgehead atoms. The van der Waals surface area contributed by atoms with Crippen molar-refractivity contribution in [2.45, 2.75) is 70.2 Å². The Hall–Kier alpha value is -3.19. The summed E-state index contributed by atoms with van der Waals surface area (Å²) in [5, 5.41) is 1.53.